The predicted octanol–water partition coefficient (Wildman–Crippen LogP) is 2.89. The van der Waals surface area contributed by atoms with Crippen LogP contribution in [0.1, 0.15) is 21.5 Å². The van der Waals surface area contributed by atoms with Gasteiger partial charge >= 0.3 is 0 Å². The fourth-order valence-corrected chi connectivity index (χ4v) is 2.88. The van der Waals surface area contributed by atoms with E-state index in [1.54, 1.807) is 19.2 Å². The van der Waals surface area contributed by atoms with Gasteiger partial charge in [-0.05, 0) is 24.1 Å². The molecule has 8 heteroatoms. The number of halogens is 2. The van der Waals surface area contributed by atoms with Crippen LogP contribution in [0.25, 0.3) is 0 Å². The molecule has 134 valence electrons. The number of nitrogens with one attached hydrogen (secondary N) is 3. The summed E-state index contributed by atoms with van der Waals surface area (Å²) in [5.74, 6) is -0.192. The molecular weight excluding hydrogens is 365 g/mol. The minimum absolute atomic E-state index is 0.0439. The molecule has 25 heavy (non-hydrogen) atoms. The first-order chi connectivity index (χ1) is 12.0. The largest absolute Gasteiger partial charge is 0.448 e. The summed E-state index contributed by atoms with van der Waals surface area (Å²) in [6.45, 7) is 0.423. The van der Waals surface area contributed by atoms with Gasteiger partial charge in [-0.2, -0.15) is 0 Å². The highest BCUT2D eigenvalue weighted by Crippen LogP contribution is 2.23. The molecule has 0 unspecified atom stereocenters. The maximum absolute atomic E-state index is 12.1. The lowest BCUT2D eigenvalue weighted by atomic mass is 10.1. The Kier molecular flexibility index (Phi) is 6.73. The summed E-state index contributed by atoms with van der Waals surface area (Å²) in [4.78, 5) is 24.1. The zero-order valence-corrected chi connectivity index (χ0v) is 15.4. The van der Waals surface area contributed by atoms with Crippen LogP contribution in [0.4, 0.5) is 5.88 Å². The Hall–Kier alpha value is -2.18. The average molecular weight is 384 g/mol. The first-order valence-electron chi connectivity index (χ1n) is 7.67. The number of carbonyl (C=O) groups is 2. The van der Waals surface area contributed by atoms with Crippen molar-refractivity contribution in [1.82, 2.24) is 10.6 Å². The van der Waals surface area contributed by atoms with Crippen molar-refractivity contribution in [1.29, 1.82) is 0 Å². The summed E-state index contributed by atoms with van der Waals surface area (Å²) in [6.07, 6.45) is 2.03. The minimum atomic E-state index is -0.311. The second-order valence-electron chi connectivity index (χ2n) is 5.31. The Labute approximate surface area is 155 Å². The molecule has 0 fully saturated rings. The summed E-state index contributed by atoms with van der Waals surface area (Å²) in [5, 5.41) is 9.27. The van der Waals surface area contributed by atoms with Crippen molar-refractivity contribution in [2.24, 2.45) is 0 Å². The Morgan fingerprint density at radius 1 is 1.16 bits per heavy atom. The van der Waals surface area contributed by atoms with Gasteiger partial charge in [-0.25, -0.2) is 0 Å². The van der Waals surface area contributed by atoms with Gasteiger partial charge in [0, 0.05) is 36.2 Å². The predicted molar refractivity (Wildman–Crippen MR) is 98.5 cm³/mol. The zero-order chi connectivity index (χ0) is 18.4. The fraction of sp³-hybridized carbons (Fsp3) is 0.294. The van der Waals surface area contributed by atoms with E-state index in [1.807, 2.05) is 6.07 Å². The molecule has 6 nitrogen and oxygen atoms in total. The fourth-order valence-electron chi connectivity index (χ4n) is 2.38. The molecule has 1 aromatic heterocycles. The average Bonchev–Trinajstić information content (AvgIpc) is 2.98. The molecule has 3 N–H and O–H groups in total. The molecule has 1 aromatic carbocycles. The van der Waals surface area contributed by atoms with E-state index in [9.17, 15) is 9.59 Å². The Bertz CT molecular complexity index is 774. The van der Waals surface area contributed by atoms with Gasteiger partial charge in [0.25, 0.3) is 5.91 Å². The highest BCUT2D eigenvalue weighted by molar-refractivity contribution is 6.35. The smallest absolute Gasteiger partial charge is 0.256 e. The molecule has 0 aliphatic rings. The molecule has 2 rings (SSSR count). The maximum atomic E-state index is 12.1. The van der Waals surface area contributed by atoms with E-state index in [0.29, 0.717) is 40.0 Å². The van der Waals surface area contributed by atoms with Crippen LogP contribution in [-0.2, 0) is 17.6 Å². The van der Waals surface area contributed by atoms with Gasteiger partial charge in [0.05, 0.1) is 12.7 Å². The van der Waals surface area contributed by atoms with Crippen molar-refractivity contribution < 1.29 is 14.0 Å². The maximum Gasteiger partial charge on any atom is 0.256 e. The molecule has 2 aromatic rings. The molecule has 0 saturated heterocycles. The van der Waals surface area contributed by atoms with Gasteiger partial charge < -0.3 is 20.4 Å². The topological polar surface area (TPSA) is 83.4 Å². The van der Waals surface area contributed by atoms with Crippen molar-refractivity contribution in [3.63, 3.8) is 0 Å². The number of carbonyl (C=O) groups excluding carboxylic acids is 2. The van der Waals surface area contributed by atoms with Crippen molar-refractivity contribution >= 4 is 40.9 Å². The van der Waals surface area contributed by atoms with Gasteiger partial charge in [-0.1, -0.05) is 29.3 Å². The second kappa shape index (κ2) is 8.78. The number of anilines is 1. The first kappa shape index (κ1) is 19.1. The van der Waals surface area contributed by atoms with Crippen molar-refractivity contribution in [2.75, 3.05) is 26.0 Å². The van der Waals surface area contributed by atoms with Gasteiger partial charge in [0.1, 0.15) is 5.56 Å². The van der Waals surface area contributed by atoms with E-state index in [4.69, 9.17) is 27.6 Å². The summed E-state index contributed by atoms with van der Waals surface area (Å²) >= 11 is 12.0. The molecule has 0 saturated carbocycles. The molecule has 0 aliphatic heterocycles. The summed E-state index contributed by atoms with van der Waals surface area (Å²) in [6, 6.07) is 5.25. The number of benzene rings is 1. The van der Waals surface area contributed by atoms with Crippen molar-refractivity contribution in [3.8, 4) is 0 Å². The van der Waals surface area contributed by atoms with E-state index in [0.717, 1.165) is 5.56 Å². The van der Waals surface area contributed by atoms with Crippen LogP contribution < -0.4 is 16.0 Å². The monoisotopic (exact) mass is 383 g/mol. The number of furan rings is 1. The normalized spacial score (nSPS) is 10.4. The standard InChI is InChI=1S/C17H19Cl2N3O3/c1-20-16(24)15-11(9-25-17(15)21-2)7-14(23)22-6-5-10-3-4-12(18)8-13(10)19/h3-4,8-9,21H,5-7H2,1-2H3,(H,20,24)(H,22,23). The highest BCUT2D eigenvalue weighted by atomic mass is 35.5. The highest BCUT2D eigenvalue weighted by Gasteiger charge is 2.21. The molecule has 2 amide bonds. The number of hydrogen-bond acceptors (Lipinski definition) is 4. The molecule has 0 spiro atoms. The third-order valence-corrected chi connectivity index (χ3v) is 4.22. The van der Waals surface area contributed by atoms with Crippen LogP contribution in [0.3, 0.4) is 0 Å². The SMILES string of the molecule is CNC(=O)c1c(CC(=O)NCCc2ccc(Cl)cc2Cl)coc1NC. The number of rotatable bonds is 7. The van der Waals surface area contributed by atoms with E-state index < -0.39 is 0 Å². The Morgan fingerprint density at radius 2 is 1.92 bits per heavy atom. The van der Waals surface area contributed by atoms with E-state index in [1.165, 1.54) is 13.3 Å². The van der Waals surface area contributed by atoms with Gasteiger partial charge in [-0.15, -0.1) is 0 Å². The minimum Gasteiger partial charge on any atom is -0.448 e. The molecule has 0 atom stereocenters. The molecule has 0 bridgehead atoms. The van der Waals surface area contributed by atoms with E-state index in [2.05, 4.69) is 16.0 Å². The second-order valence-corrected chi connectivity index (χ2v) is 6.15. The van der Waals surface area contributed by atoms with Gasteiger partial charge in [-0.3, -0.25) is 9.59 Å². The van der Waals surface area contributed by atoms with E-state index in [-0.39, 0.29) is 18.2 Å². The van der Waals surface area contributed by atoms with Crippen molar-refractivity contribution in [3.05, 3.63) is 51.2 Å². The van der Waals surface area contributed by atoms with Gasteiger partial charge in [0.2, 0.25) is 11.8 Å². The van der Waals surface area contributed by atoms with Crippen molar-refractivity contribution in [2.45, 2.75) is 12.8 Å². The zero-order valence-electron chi connectivity index (χ0n) is 13.9. The van der Waals surface area contributed by atoms with Crippen LogP contribution >= 0.6 is 23.2 Å². The van der Waals surface area contributed by atoms with Crippen LogP contribution in [0, 0.1) is 0 Å². The lowest BCUT2D eigenvalue weighted by Gasteiger charge is -2.08. The number of amides is 2. The number of hydrogen-bond donors (Lipinski definition) is 3. The molecule has 1 heterocycles. The Balaban J connectivity index is 1.94. The molecule has 0 aliphatic carbocycles. The third kappa shape index (κ3) is 4.90. The van der Waals surface area contributed by atoms with Gasteiger partial charge in [0.15, 0.2) is 0 Å². The first-order valence-corrected chi connectivity index (χ1v) is 8.42. The summed E-state index contributed by atoms with van der Waals surface area (Å²) in [7, 11) is 3.17. The van der Waals surface area contributed by atoms with Crippen LogP contribution in [-0.4, -0.2) is 32.5 Å². The Morgan fingerprint density at radius 3 is 2.56 bits per heavy atom. The summed E-state index contributed by atoms with van der Waals surface area (Å²) in [5.41, 5.74) is 1.75. The lowest BCUT2D eigenvalue weighted by Crippen LogP contribution is -2.28. The third-order valence-electron chi connectivity index (χ3n) is 3.63. The van der Waals surface area contributed by atoms with Crippen LogP contribution in [0.5, 0.6) is 0 Å². The van der Waals surface area contributed by atoms with Crippen LogP contribution in [0.15, 0.2) is 28.9 Å². The molecule has 0 radical (unpaired) electrons. The molecular formula is C17H19Cl2N3O3. The summed E-state index contributed by atoms with van der Waals surface area (Å²) < 4.78 is 5.29. The quantitative estimate of drug-likeness (QED) is 0.686. The van der Waals surface area contributed by atoms with E-state index >= 15 is 0 Å². The van der Waals surface area contributed by atoms with Crippen LogP contribution in [0.2, 0.25) is 10.0 Å². The lowest BCUT2D eigenvalue weighted by molar-refractivity contribution is -0.120.